The zero-order valence-corrected chi connectivity index (χ0v) is 14.2. The van der Waals surface area contributed by atoms with Crippen molar-refractivity contribution in [2.45, 2.75) is 64.3 Å². The molecule has 0 bridgehead atoms. The van der Waals surface area contributed by atoms with Crippen LogP contribution in [0.15, 0.2) is 0 Å². The van der Waals surface area contributed by atoms with E-state index in [0.29, 0.717) is 0 Å². The Balaban J connectivity index is 5.25. The Labute approximate surface area is 127 Å². The average Bonchev–Trinajstić information content (AvgIpc) is 2.37. The maximum Gasteiger partial charge on any atom is 0.233 e. The molecule has 0 aromatic heterocycles. The number of aliphatic hydroxyl groups is 2. The summed E-state index contributed by atoms with van der Waals surface area (Å²) in [6, 6.07) is 1.78. The number of nitrogens with zero attached hydrogens (tertiary/aromatic N) is 2. The van der Waals surface area contributed by atoms with Gasteiger partial charge in [-0.25, -0.2) is 4.67 Å². The molecule has 0 aliphatic rings. The molecule has 0 aromatic rings. The van der Waals surface area contributed by atoms with Gasteiger partial charge in [-0.3, -0.25) is 0 Å². The number of hydrogen-bond acceptors (Lipinski definition) is 6. The monoisotopic (exact) mass is 321 g/mol. The predicted octanol–water partition coefficient (Wildman–Crippen LogP) is 0.866. The molecule has 8 heteroatoms. The number of nitriles is 1. The Morgan fingerprint density at radius 2 is 1.90 bits per heavy atom. The van der Waals surface area contributed by atoms with E-state index in [1.807, 2.05) is 33.8 Å². The maximum absolute atomic E-state index is 12.8. The summed E-state index contributed by atoms with van der Waals surface area (Å²) in [6.45, 7) is 7.37. The minimum absolute atomic E-state index is 0.0509. The van der Waals surface area contributed by atoms with Crippen LogP contribution >= 0.6 is 7.95 Å². The molecule has 0 heterocycles. The minimum Gasteiger partial charge on any atom is -0.392 e. The van der Waals surface area contributed by atoms with E-state index in [9.17, 15) is 14.8 Å². The first-order valence-electron chi connectivity index (χ1n) is 7.13. The van der Waals surface area contributed by atoms with Gasteiger partial charge in [0.15, 0.2) is 7.95 Å². The second-order valence-electron chi connectivity index (χ2n) is 5.53. The molecule has 0 aromatic carbocycles. The molecule has 124 valence electrons. The summed E-state index contributed by atoms with van der Waals surface area (Å²) >= 11 is 0. The van der Waals surface area contributed by atoms with E-state index in [1.165, 1.54) is 0 Å². The van der Waals surface area contributed by atoms with Crippen LogP contribution in [0.2, 0.25) is 0 Å². The Hall–Kier alpha value is -0.480. The lowest BCUT2D eigenvalue weighted by Crippen LogP contribution is -2.43. The molecule has 21 heavy (non-hydrogen) atoms. The molecule has 0 spiro atoms. The van der Waals surface area contributed by atoms with Gasteiger partial charge in [-0.05, 0) is 27.7 Å². The molecule has 0 aliphatic heterocycles. The summed E-state index contributed by atoms with van der Waals surface area (Å²) in [5.41, 5.74) is 3.37. The van der Waals surface area contributed by atoms with Gasteiger partial charge in [0.1, 0.15) is 0 Å². The highest BCUT2D eigenvalue weighted by Gasteiger charge is 2.42. The summed E-state index contributed by atoms with van der Waals surface area (Å²) in [5.74, 6) is 0. The molecule has 0 radical (unpaired) electrons. The quantitative estimate of drug-likeness (QED) is 0.310. The van der Waals surface area contributed by atoms with Crippen LogP contribution in [0.25, 0.3) is 0 Å². The van der Waals surface area contributed by atoms with Crippen molar-refractivity contribution in [2.75, 3.05) is 13.2 Å². The van der Waals surface area contributed by atoms with Crippen molar-refractivity contribution < 1.29 is 19.5 Å². The normalized spacial score (nSPS) is 17.8. The second kappa shape index (κ2) is 9.52. The lowest BCUT2D eigenvalue weighted by Gasteiger charge is -2.38. The number of rotatable bonds is 10. The summed E-state index contributed by atoms with van der Waals surface area (Å²) in [5, 5.41) is 28.9. The summed E-state index contributed by atoms with van der Waals surface area (Å²) in [7, 11) is -2.76. The molecule has 0 fully saturated rings. The van der Waals surface area contributed by atoms with Crippen molar-refractivity contribution in [1.82, 2.24) is 4.67 Å². The van der Waals surface area contributed by atoms with E-state index < -0.39 is 19.6 Å². The zero-order valence-electron chi connectivity index (χ0n) is 13.2. The average molecular weight is 321 g/mol. The first-order chi connectivity index (χ1) is 9.69. The highest BCUT2D eigenvalue weighted by Crippen LogP contribution is 2.47. The van der Waals surface area contributed by atoms with Crippen molar-refractivity contribution in [1.29, 1.82) is 5.26 Å². The van der Waals surface area contributed by atoms with Gasteiger partial charge < -0.3 is 25.2 Å². The molecular weight excluding hydrogens is 293 g/mol. The maximum atomic E-state index is 12.8. The van der Waals surface area contributed by atoms with E-state index in [2.05, 4.69) is 0 Å². The zero-order chi connectivity index (χ0) is 16.6. The van der Waals surface area contributed by atoms with Crippen molar-refractivity contribution in [3.05, 3.63) is 0 Å². The van der Waals surface area contributed by atoms with E-state index in [1.54, 1.807) is 4.67 Å². The third kappa shape index (κ3) is 6.43. The molecule has 0 aliphatic carbocycles. The third-order valence-corrected chi connectivity index (χ3v) is 5.54. The predicted molar refractivity (Wildman–Crippen MR) is 81.9 cm³/mol. The molecule has 4 N–H and O–H groups in total. The Bertz CT molecular complexity index is 365. The fraction of sp³-hybridized carbons (Fsp3) is 0.923. The number of hydrogen-bond donors (Lipinski definition) is 3. The molecular formula is C13H28N3O4P. The number of nitrogens with two attached hydrogens (primary N) is 1. The molecule has 0 amide bonds. The van der Waals surface area contributed by atoms with Crippen molar-refractivity contribution in [2.24, 2.45) is 5.73 Å². The van der Waals surface area contributed by atoms with Crippen LogP contribution in [0.1, 0.15) is 40.5 Å². The van der Waals surface area contributed by atoms with Gasteiger partial charge in [-0.15, -0.1) is 0 Å². The van der Waals surface area contributed by atoms with Crippen LogP contribution in [-0.4, -0.2) is 51.8 Å². The van der Waals surface area contributed by atoms with E-state index in [4.69, 9.17) is 15.7 Å². The summed E-state index contributed by atoms with van der Waals surface area (Å²) < 4.78 is 19.8. The van der Waals surface area contributed by atoms with Crippen LogP contribution in [-0.2, 0) is 9.30 Å². The molecule has 7 nitrogen and oxygen atoms in total. The molecule has 0 saturated heterocycles. The van der Waals surface area contributed by atoms with Crippen LogP contribution in [0.4, 0.5) is 0 Å². The van der Waals surface area contributed by atoms with Gasteiger partial charge in [-0.2, -0.15) is 5.26 Å². The van der Waals surface area contributed by atoms with Crippen molar-refractivity contribution >= 4 is 7.95 Å². The number of aliphatic hydroxyl groups excluding tert-OH is 1. The highest BCUT2D eigenvalue weighted by molar-refractivity contribution is 7.43. The van der Waals surface area contributed by atoms with Gasteiger partial charge in [0.05, 0.1) is 25.2 Å². The van der Waals surface area contributed by atoms with E-state index in [0.717, 1.165) is 0 Å². The number of ether oxygens (including phenoxy) is 1. The van der Waals surface area contributed by atoms with Gasteiger partial charge in [0.2, 0.25) is 5.53 Å². The Morgan fingerprint density at radius 1 is 1.38 bits per heavy atom. The topological polar surface area (TPSA) is 120 Å². The lowest BCUT2D eigenvalue weighted by atomic mass is 10.2. The molecule has 0 saturated carbocycles. The van der Waals surface area contributed by atoms with Crippen molar-refractivity contribution in [3.63, 3.8) is 0 Å². The van der Waals surface area contributed by atoms with Crippen LogP contribution in [0, 0.1) is 11.3 Å². The first kappa shape index (κ1) is 20.5. The largest absolute Gasteiger partial charge is 0.392 e. The van der Waals surface area contributed by atoms with E-state index >= 15 is 0 Å². The summed E-state index contributed by atoms with van der Waals surface area (Å²) in [6.07, 6.45) is -1.20. The van der Waals surface area contributed by atoms with Gasteiger partial charge in [-0.1, -0.05) is 0 Å². The van der Waals surface area contributed by atoms with Gasteiger partial charge in [0, 0.05) is 25.0 Å². The molecule has 2 unspecified atom stereocenters. The van der Waals surface area contributed by atoms with Crippen LogP contribution in [0.5, 0.6) is 0 Å². The lowest BCUT2D eigenvalue weighted by molar-refractivity contribution is -0.157. The smallest absolute Gasteiger partial charge is 0.233 e. The van der Waals surface area contributed by atoms with Gasteiger partial charge >= 0.3 is 0 Å². The van der Waals surface area contributed by atoms with Crippen molar-refractivity contribution in [3.8, 4) is 6.07 Å². The fourth-order valence-corrected chi connectivity index (χ4v) is 4.12. The minimum atomic E-state index is -2.76. The standard InChI is InChI=1S/C13H28N3O4P/c1-10(2)16(11(3)4)21(19)13(18,8-12(17)9-15)20-7-5-6-14/h10-12,17-18,21H,5,7-9,15H2,1-4H3/t12?,13-/m1/s1. The fourth-order valence-electron chi connectivity index (χ4n) is 2.14. The third-order valence-electron chi connectivity index (χ3n) is 3.02. The Morgan fingerprint density at radius 3 is 2.29 bits per heavy atom. The first-order valence-corrected chi connectivity index (χ1v) is 8.49. The van der Waals surface area contributed by atoms with Crippen LogP contribution < -0.4 is 5.73 Å². The van der Waals surface area contributed by atoms with Gasteiger partial charge in [0.25, 0.3) is 0 Å². The van der Waals surface area contributed by atoms with E-state index in [-0.39, 0.29) is 38.1 Å². The Kier molecular flexibility index (Phi) is 9.30. The molecule has 3 atom stereocenters. The summed E-state index contributed by atoms with van der Waals surface area (Å²) in [4.78, 5) is 0. The highest BCUT2D eigenvalue weighted by atomic mass is 31.1. The van der Waals surface area contributed by atoms with Crippen LogP contribution in [0.3, 0.4) is 0 Å². The second-order valence-corrected chi connectivity index (χ2v) is 7.44. The SMILES string of the molecule is CC(C)N(C(C)C)[PH](=O)[C@@](O)(CC(O)CN)OCCC#N. The molecule has 0 rings (SSSR count).